The van der Waals surface area contributed by atoms with Gasteiger partial charge in [0, 0.05) is 13.0 Å². The molecule has 0 radical (unpaired) electrons. The molecule has 1 aliphatic heterocycles. The Hall–Kier alpha value is -2.46. The van der Waals surface area contributed by atoms with Crippen molar-refractivity contribution in [3.05, 3.63) is 72.9 Å². The fourth-order valence-electron chi connectivity index (χ4n) is 9.27. The number of aliphatic hydroxyl groups excluding tert-OH is 3. The molecule has 13 heteroatoms. The molecule has 0 aromatic carbocycles. The predicted molar refractivity (Wildman–Crippen MR) is 312 cm³/mol. The lowest BCUT2D eigenvalue weighted by molar-refractivity contribution is -0.301. The third-order valence-corrected chi connectivity index (χ3v) is 14.3. The maximum Gasteiger partial charge on any atom is 0.397 e. The molecule has 6 unspecified atom stereocenters. The molecule has 1 fully saturated rings. The van der Waals surface area contributed by atoms with Gasteiger partial charge in [-0.2, -0.15) is 8.42 Å². The summed E-state index contributed by atoms with van der Waals surface area (Å²) < 4.78 is 59.5. The molecule has 0 spiro atoms. The van der Waals surface area contributed by atoms with Gasteiger partial charge in [0.05, 0.1) is 19.8 Å². The standard InChI is InChI=1S/C63H112O12S/c1-3-5-7-9-11-13-15-17-19-21-23-25-27-29-30-32-34-36-38-40-42-44-46-48-50-52-59(65)73-57(56-72-63-61(67)62(75-76(68,69)70)60(66)58(54-64)74-63)55-71-53-51-49-47-45-43-41-39-37-35-33-31-28-26-24-22-20-18-16-14-12-10-8-6-4-2/h6,8,12,14,18,20,24,26,31,33,37,39,57-58,60-64,66-67H,3-5,7,9-11,13,15-17,19,21-23,25,27-30,32,34-36,38,40-56H2,1-2H3,(H,68,69,70)/b8-6-,14-12-,20-18-,26-24-,33-31-,39-37-. The third kappa shape index (κ3) is 45.4. The average molecular weight is 1090 g/mol. The summed E-state index contributed by atoms with van der Waals surface area (Å²) in [5.74, 6) is -0.403. The van der Waals surface area contributed by atoms with Crippen molar-refractivity contribution in [2.75, 3.05) is 26.4 Å². The molecule has 4 N–H and O–H groups in total. The predicted octanol–water partition coefficient (Wildman–Crippen LogP) is 15.8. The SMILES string of the molecule is CC/C=C\C/C=C\C/C=C\C/C=C\C/C=C\C/C=C\CCCCCCCOCC(COC1OC(CO)C(O)C(OS(=O)(=O)O)C1O)OC(=O)CCCCCCCCCCCCCCCCCCCCCCCCCCC. The summed E-state index contributed by atoms with van der Waals surface area (Å²) in [7, 11) is -5.07. The van der Waals surface area contributed by atoms with Crippen LogP contribution in [0.1, 0.15) is 258 Å². The van der Waals surface area contributed by atoms with E-state index in [1.54, 1.807) is 0 Å². The largest absolute Gasteiger partial charge is 0.457 e. The minimum atomic E-state index is -5.07. The normalized spacial score (nSPS) is 19.1. The molecule has 1 heterocycles. The molecule has 1 rings (SSSR count). The van der Waals surface area contributed by atoms with Gasteiger partial charge in [-0.25, -0.2) is 4.18 Å². The van der Waals surface area contributed by atoms with E-state index in [2.05, 4.69) is 90.9 Å². The van der Waals surface area contributed by atoms with Gasteiger partial charge >= 0.3 is 16.4 Å². The Bertz CT molecular complexity index is 1590. The molecule has 12 nitrogen and oxygen atoms in total. The van der Waals surface area contributed by atoms with E-state index in [0.717, 1.165) is 96.3 Å². The summed E-state index contributed by atoms with van der Waals surface area (Å²) in [4.78, 5) is 13.0. The number of esters is 1. The van der Waals surface area contributed by atoms with Crippen LogP contribution in [0.3, 0.4) is 0 Å². The van der Waals surface area contributed by atoms with Gasteiger partial charge in [-0.3, -0.25) is 9.35 Å². The van der Waals surface area contributed by atoms with E-state index in [0.29, 0.717) is 13.0 Å². The fourth-order valence-corrected chi connectivity index (χ4v) is 9.78. The van der Waals surface area contributed by atoms with Crippen molar-refractivity contribution in [3.63, 3.8) is 0 Å². The number of ether oxygens (including phenoxy) is 4. The van der Waals surface area contributed by atoms with Crippen LogP contribution in [0.2, 0.25) is 0 Å². The van der Waals surface area contributed by atoms with Crippen molar-refractivity contribution in [3.8, 4) is 0 Å². The Morgan fingerprint density at radius 1 is 0.513 bits per heavy atom. The maximum absolute atomic E-state index is 13.0. The summed E-state index contributed by atoms with van der Waals surface area (Å²) in [6.45, 7) is 3.87. The molecule has 0 aromatic rings. The van der Waals surface area contributed by atoms with Crippen LogP contribution in [-0.2, 0) is 38.3 Å². The smallest absolute Gasteiger partial charge is 0.397 e. The fraction of sp³-hybridized carbons (Fsp3) is 0.794. The first-order valence-electron chi connectivity index (χ1n) is 30.7. The highest BCUT2D eigenvalue weighted by Crippen LogP contribution is 2.26. The number of carbonyl (C=O) groups excluding carboxylic acids is 1. The Morgan fingerprint density at radius 3 is 1.33 bits per heavy atom. The van der Waals surface area contributed by atoms with Gasteiger partial charge in [-0.05, 0) is 64.2 Å². The van der Waals surface area contributed by atoms with Crippen LogP contribution in [0.25, 0.3) is 0 Å². The topological polar surface area (TPSA) is 178 Å². The van der Waals surface area contributed by atoms with E-state index >= 15 is 0 Å². The zero-order chi connectivity index (χ0) is 55.3. The molecule has 76 heavy (non-hydrogen) atoms. The quantitative estimate of drug-likeness (QED) is 0.0196. The zero-order valence-electron chi connectivity index (χ0n) is 48.1. The van der Waals surface area contributed by atoms with E-state index < -0.39 is 59.8 Å². The second-order valence-corrected chi connectivity index (χ2v) is 22.0. The molecule has 0 aromatic heterocycles. The summed E-state index contributed by atoms with van der Waals surface area (Å²) in [6, 6.07) is 0. The lowest BCUT2D eigenvalue weighted by Crippen LogP contribution is -2.60. The second kappa shape index (κ2) is 53.2. The monoisotopic (exact) mass is 1090 g/mol. The van der Waals surface area contributed by atoms with Crippen molar-refractivity contribution in [2.45, 2.75) is 295 Å². The molecule has 1 aliphatic rings. The van der Waals surface area contributed by atoms with Crippen LogP contribution in [0.15, 0.2) is 72.9 Å². The summed E-state index contributed by atoms with van der Waals surface area (Å²) >= 11 is 0. The van der Waals surface area contributed by atoms with Crippen LogP contribution in [-0.4, -0.2) is 97.5 Å². The highest BCUT2D eigenvalue weighted by Gasteiger charge is 2.48. The van der Waals surface area contributed by atoms with E-state index in [1.807, 2.05) is 0 Å². The Balaban J connectivity index is 2.29. The van der Waals surface area contributed by atoms with Crippen molar-refractivity contribution < 1.29 is 56.2 Å². The van der Waals surface area contributed by atoms with E-state index in [4.69, 9.17) is 18.9 Å². The molecule has 0 aliphatic carbocycles. The first-order valence-corrected chi connectivity index (χ1v) is 32.1. The van der Waals surface area contributed by atoms with E-state index in [-0.39, 0.29) is 19.6 Å². The Kier molecular flexibility index (Phi) is 50.1. The Morgan fingerprint density at radius 2 is 0.908 bits per heavy atom. The van der Waals surface area contributed by atoms with Gasteiger partial charge in [0.15, 0.2) is 6.29 Å². The number of hydrogen-bond donors (Lipinski definition) is 4. The number of aliphatic hydroxyl groups is 3. The highest BCUT2D eigenvalue weighted by atomic mass is 32.3. The third-order valence-electron chi connectivity index (χ3n) is 13.8. The van der Waals surface area contributed by atoms with Crippen LogP contribution in [0.4, 0.5) is 0 Å². The minimum absolute atomic E-state index is 0.0215. The summed E-state index contributed by atoms with van der Waals surface area (Å²) in [6.07, 6.45) is 62.3. The molecule has 0 saturated carbocycles. The summed E-state index contributed by atoms with van der Waals surface area (Å²) in [5, 5.41) is 30.9. The number of hydrogen-bond acceptors (Lipinski definition) is 11. The molecular formula is C63H112O12S. The molecule has 0 amide bonds. The van der Waals surface area contributed by atoms with Crippen LogP contribution < -0.4 is 0 Å². The van der Waals surface area contributed by atoms with Gasteiger partial charge in [0.25, 0.3) is 0 Å². The van der Waals surface area contributed by atoms with Gasteiger partial charge in [-0.15, -0.1) is 0 Å². The van der Waals surface area contributed by atoms with Gasteiger partial charge in [0.1, 0.15) is 30.5 Å². The first-order chi connectivity index (χ1) is 37.1. The van der Waals surface area contributed by atoms with Crippen molar-refractivity contribution in [1.29, 1.82) is 0 Å². The van der Waals surface area contributed by atoms with E-state index in [1.165, 1.54) is 135 Å². The molecular weight excluding hydrogens is 981 g/mol. The van der Waals surface area contributed by atoms with E-state index in [9.17, 15) is 33.1 Å². The van der Waals surface area contributed by atoms with Crippen LogP contribution >= 0.6 is 0 Å². The Labute approximate surface area is 464 Å². The van der Waals surface area contributed by atoms with Gasteiger partial charge in [-0.1, -0.05) is 260 Å². The van der Waals surface area contributed by atoms with Crippen molar-refractivity contribution >= 4 is 16.4 Å². The van der Waals surface area contributed by atoms with Crippen molar-refractivity contribution in [1.82, 2.24) is 0 Å². The summed E-state index contributed by atoms with van der Waals surface area (Å²) in [5.41, 5.74) is 0. The van der Waals surface area contributed by atoms with Gasteiger partial charge in [0.2, 0.25) is 0 Å². The molecule has 0 bridgehead atoms. The molecule has 442 valence electrons. The lowest BCUT2D eigenvalue weighted by Gasteiger charge is -2.41. The maximum atomic E-state index is 13.0. The average Bonchev–Trinajstić information content (AvgIpc) is 3.40. The number of allylic oxidation sites excluding steroid dienone is 12. The van der Waals surface area contributed by atoms with Gasteiger partial charge < -0.3 is 34.3 Å². The zero-order valence-corrected chi connectivity index (χ0v) is 48.9. The number of carbonyl (C=O) groups is 1. The lowest BCUT2D eigenvalue weighted by atomic mass is 9.99. The molecule has 1 saturated heterocycles. The van der Waals surface area contributed by atoms with Crippen molar-refractivity contribution in [2.24, 2.45) is 0 Å². The van der Waals surface area contributed by atoms with Crippen LogP contribution in [0.5, 0.6) is 0 Å². The minimum Gasteiger partial charge on any atom is -0.457 e. The van der Waals surface area contributed by atoms with Crippen LogP contribution in [0, 0.1) is 0 Å². The highest BCUT2D eigenvalue weighted by molar-refractivity contribution is 7.80. The first kappa shape index (κ1) is 71.6. The number of rotatable bonds is 54. The second-order valence-electron chi connectivity index (χ2n) is 20.9. The number of unbranched alkanes of at least 4 members (excludes halogenated alkanes) is 29. The molecule has 6 atom stereocenters.